The van der Waals surface area contributed by atoms with Crippen LogP contribution in [0.3, 0.4) is 0 Å². The molecule has 0 unspecified atom stereocenters. The second-order valence-corrected chi connectivity index (χ2v) is 3.91. The SMILES string of the molecule is O=C1c2ccccc2-c2cc(CO)ccc21. The van der Waals surface area contributed by atoms with Crippen molar-refractivity contribution in [2.45, 2.75) is 6.61 Å². The summed E-state index contributed by atoms with van der Waals surface area (Å²) < 4.78 is 0. The van der Waals surface area contributed by atoms with Crippen LogP contribution in [0, 0.1) is 0 Å². The van der Waals surface area contributed by atoms with Gasteiger partial charge in [0.1, 0.15) is 0 Å². The van der Waals surface area contributed by atoms with Crippen LogP contribution in [0.15, 0.2) is 42.5 Å². The van der Waals surface area contributed by atoms with Crippen molar-refractivity contribution in [2.24, 2.45) is 0 Å². The molecular weight excluding hydrogens is 200 g/mol. The lowest BCUT2D eigenvalue weighted by Crippen LogP contribution is -1.94. The molecule has 0 aliphatic heterocycles. The molecule has 2 aromatic carbocycles. The molecule has 0 heterocycles. The van der Waals surface area contributed by atoms with Crippen LogP contribution in [0.5, 0.6) is 0 Å². The van der Waals surface area contributed by atoms with Crippen LogP contribution in [0.1, 0.15) is 21.5 Å². The van der Waals surface area contributed by atoms with Gasteiger partial charge in [-0.3, -0.25) is 4.79 Å². The number of ketones is 1. The molecule has 1 aliphatic rings. The third-order valence-electron chi connectivity index (χ3n) is 2.97. The standard InChI is InChI=1S/C14H10O2/c15-8-9-5-6-12-13(7-9)10-3-1-2-4-11(10)14(12)16/h1-7,15H,8H2. The van der Waals surface area contributed by atoms with Crippen LogP contribution in [0.25, 0.3) is 11.1 Å². The lowest BCUT2D eigenvalue weighted by molar-refractivity contribution is 0.104. The Hall–Kier alpha value is -1.93. The number of benzene rings is 2. The van der Waals surface area contributed by atoms with E-state index in [0.29, 0.717) is 0 Å². The van der Waals surface area contributed by atoms with Gasteiger partial charge in [-0.1, -0.05) is 36.4 Å². The van der Waals surface area contributed by atoms with Crippen molar-refractivity contribution in [2.75, 3.05) is 0 Å². The molecule has 0 atom stereocenters. The van der Waals surface area contributed by atoms with Crippen LogP contribution in [0.2, 0.25) is 0 Å². The number of aliphatic hydroxyl groups is 1. The van der Waals surface area contributed by atoms with Crippen molar-refractivity contribution in [1.82, 2.24) is 0 Å². The second-order valence-electron chi connectivity index (χ2n) is 3.91. The number of carbonyl (C=O) groups excluding carboxylic acids is 1. The number of carbonyl (C=O) groups is 1. The van der Waals surface area contributed by atoms with Gasteiger partial charge >= 0.3 is 0 Å². The van der Waals surface area contributed by atoms with Crippen LogP contribution in [0.4, 0.5) is 0 Å². The van der Waals surface area contributed by atoms with E-state index in [1.54, 1.807) is 12.1 Å². The minimum atomic E-state index is 0.00361. The van der Waals surface area contributed by atoms with Crippen molar-refractivity contribution in [3.63, 3.8) is 0 Å². The first-order valence-electron chi connectivity index (χ1n) is 5.19. The Balaban J connectivity index is 2.31. The Bertz CT molecular complexity index is 585. The number of aliphatic hydroxyl groups excluding tert-OH is 1. The number of rotatable bonds is 1. The molecule has 3 rings (SSSR count). The van der Waals surface area contributed by atoms with E-state index in [4.69, 9.17) is 5.11 Å². The maximum Gasteiger partial charge on any atom is 0.194 e. The summed E-state index contributed by atoms with van der Waals surface area (Å²) in [6.07, 6.45) is 0. The van der Waals surface area contributed by atoms with Gasteiger partial charge in [0.15, 0.2) is 5.78 Å². The highest BCUT2D eigenvalue weighted by molar-refractivity contribution is 6.21. The van der Waals surface area contributed by atoms with Gasteiger partial charge in [-0.15, -0.1) is 0 Å². The monoisotopic (exact) mass is 210 g/mol. The van der Waals surface area contributed by atoms with Gasteiger partial charge in [-0.05, 0) is 22.8 Å². The Labute approximate surface area is 93.2 Å². The summed E-state index contributed by atoms with van der Waals surface area (Å²) in [7, 11) is 0. The van der Waals surface area contributed by atoms with E-state index >= 15 is 0 Å². The van der Waals surface area contributed by atoms with Crippen molar-refractivity contribution < 1.29 is 9.90 Å². The Kier molecular flexibility index (Phi) is 1.91. The molecular formula is C14H10O2. The average Bonchev–Trinajstić information content (AvgIpc) is 2.64. The summed E-state index contributed by atoms with van der Waals surface area (Å²) in [6.45, 7) is 0.00361. The third kappa shape index (κ3) is 1.14. The third-order valence-corrected chi connectivity index (χ3v) is 2.97. The summed E-state index contributed by atoms with van der Waals surface area (Å²) in [5, 5.41) is 9.10. The summed E-state index contributed by atoms with van der Waals surface area (Å²) in [6, 6.07) is 13.1. The molecule has 0 aromatic heterocycles. The van der Waals surface area contributed by atoms with E-state index < -0.39 is 0 Å². The molecule has 0 spiro atoms. The molecule has 2 heteroatoms. The van der Waals surface area contributed by atoms with Crippen LogP contribution in [-0.2, 0) is 6.61 Å². The first-order valence-corrected chi connectivity index (χ1v) is 5.19. The highest BCUT2D eigenvalue weighted by atomic mass is 16.3. The van der Waals surface area contributed by atoms with E-state index in [1.807, 2.05) is 30.3 Å². The molecule has 1 aliphatic carbocycles. The smallest absolute Gasteiger partial charge is 0.194 e. The molecule has 0 radical (unpaired) electrons. The fourth-order valence-corrected chi connectivity index (χ4v) is 2.17. The first-order chi connectivity index (χ1) is 7.81. The van der Waals surface area contributed by atoms with Crippen LogP contribution < -0.4 is 0 Å². The molecule has 0 bridgehead atoms. The van der Waals surface area contributed by atoms with Crippen LogP contribution in [-0.4, -0.2) is 10.9 Å². The molecule has 0 amide bonds. The number of hydrogen-bond acceptors (Lipinski definition) is 2. The van der Waals surface area contributed by atoms with Gasteiger partial charge in [0, 0.05) is 11.1 Å². The number of hydrogen-bond donors (Lipinski definition) is 1. The van der Waals surface area contributed by atoms with Gasteiger partial charge in [0.25, 0.3) is 0 Å². The minimum Gasteiger partial charge on any atom is -0.392 e. The minimum absolute atomic E-state index is 0.00361. The van der Waals surface area contributed by atoms with E-state index in [-0.39, 0.29) is 12.4 Å². The summed E-state index contributed by atoms with van der Waals surface area (Å²) in [5.74, 6) is 0.0788. The van der Waals surface area contributed by atoms with E-state index in [9.17, 15) is 4.79 Å². The van der Waals surface area contributed by atoms with Crippen molar-refractivity contribution in [3.8, 4) is 11.1 Å². The summed E-state index contributed by atoms with van der Waals surface area (Å²) >= 11 is 0. The zero-order valence-electron chi connectivity index (χ0n) is 8.60. The fourth-order valence-electron chi connectivity index (χ4n) is 2.17. The molecule has 0 saturated heterocycles. The maximum atomic E-state index is 12.0. The zero-order chi connectivity index (χ0) is 11.1. The van der Waals surface area contributed by atoms with E-state index in [1.165, 1.54) is 0 Å². The largest absolute Gasteiger partial charge is 0.392 e. The Morgan fingerprint density at radius 1 is 0.875 bits per heavy atom. The molecule has 1 N–H and O–H groups in total. The average molecular weight is 210 g/mol. The lowest BCUT2D eigenvalue weighted by atomic mass is 10.0. The highest BCUT2D eigenvalue weighted by Crippen LogP contribution is 2.36. The molecule has 0 fully saturated rings. The Morgan fingerprint density at radius 2 is 1.56 bits per heavy atom. The van der Waals surface area contributed by atoms with Gasteiger partial charge in [0.05, 0.1) is 6.61 Å². The molecule has 2 nitrogen and oxygen atoms in total. The van der Waals surface area contributed by atoms with Crippen molar-refractivity contribution >= 4 is 5.78 Å². The van der Waals surface area contributed by atoms with Crippen molar-refractivity contribution in [3.05, 3.63) is 59.2 Å². The lowest BCUT2D eigenvalue weighted by Gasteiger charge is -2.01. The zero-order valence-corrected chi connectivity index (χ0v) is 8.60. The highest BCUT2D eigenvalue weighted by Gasteiger charge is 2.25. The molecule has 78 valence electrons. The van der Waals surface area contributed by atoms with E-state index in [2.05, 4.69) is 0 Å². The predicted octanol–water partition coefficient (Wildman–Crippen LogP) is 2.39. The Morgan fingerprint density at radius 3 is 2.31 bits per heavy atom. The van der Waals surface area contributed by atoms with Gasteiger partial charge in [-0.2, -0.15) is 0 Å². The quantitative estimate of drug-likeness (QED) is 0.669. The van der Waals surface area contributed by atoms with Gasteiger partial charge in [0.2, 0.25) is 0 Å². The van der Waals surface area contributed by atoms with Crippen LogP contribution >= 0.6 is 0 Å². The summed E-state index contributed by atoms with van der Waals surface area (Å²) in [4.78, 5) is 12.0. The van der Waals surface area contributed by atoms with Gasteiger partial charge < -0.3 is 5.11 Å². The fraction of sp³-hybridized carbons (Fsp3) is 0.0714. The van der Waals surface area contributed by atoms with Crippen molar-refractivity contribution in [1.29, 1.82) is 0 Å². The van der Waals surface area contributed by atoms with E-state index in [0.717, 1.165) is 27.8 Å². The second kappa shape index (κ2) is 3.29. The molecule has 16 heavy (non-hydrogen) atoms. The topological polar surface area (TPSA) is 37.3 Å². The van der Waals surface area contributed by atoms with Gasteiger partial charge in [-0.25, -0.2) is 0 Å². The summed E-state index contributed by atoms with van der Waals surface area (Å²) in [5.41, 5.74) is 4.24. The normalized spacial score (nSPS) is 12.4. The first kappa shape index (κ1) is 9.31. The molecule has 0 saturated carbocycles. The predicted molar refractivity (Wildman–Crippen MR) is 61.2 cm³/mol. The number of fused-ring (bicyclic) bond motifs is 3. The molecule has 2 aromatic rings. The maximum absolute atomic E-state index is 12.0.